The van der Waals surface area contributed by atoms with Gasteiger partial charge >= 0.3 is 0 Å². The SMILES string of the molecule is Cc1nc(NC(=O)c2cnn3c(C(F)F)cc(-c4ccc(F)cc4)nc23)sc1C. The predicted octanol–water partition coefficient (Wildman–Crippen LogP) is 4.80. The van der Waals surface area contributed by atoms with Gasteiger partial charge in [-0.2, -0.15) is 5.10 Å². The Morgan fingerprint density at radius 1 is 1.17 bits per heavy atom. The maximum absolute atomic E-state index is 13.6. The summed E-state index contributed by atoms with van der Waals surface area (Å²) >= 11 is 1.31. The van der Waals surface area contributed by atoms with E-state index in [4.69, 9.17) is 0 Å². The fraction of sp³-hybridized carbons (Fsp3) is 0.158. The monoisotopic (exact) mass is 417 g/mol. The summed E-state index contributed by atoms with van der Waals surface area (Å²) < 4.78 is 41.4. The summed E-state index contributed by atoms with van der Waals surface area (Å²) in [5, 5.41) is 6.96. The molecule has 3 aromatic heterocycles. The van der Waals surface area contributed by atoms with E-state index in [0.717, 1.165) is 15.1 Å². The van der Waals surface area contributed by atoms with E-state index in [-0.39, 0.29) is 16.9 Å². The van der Waals surface area contributed by atoms with Crippen LogP contribution in [0.25, 0.3) is 16.9 Å². The van der Waals surface area contributed by atoms with E-state index in [0.29, 0.717) is 10.7 Å². The summed E-state index contributed by atoms with van der Waals surface area (Å²) in [6.07, 6.45) is -1.66. The second-order valence-electron chi connectivity index (χ2n) is 6.28. The lowest BCUT2D eigenvalue weighted by molar-refractivity contribution is 0.102. The van der Waals surface area contributed by atoms with Crippen LogP contribution in [0.5, 0.6) is 0 Å². The molecule has 4 rings (SSSR count). The minimum atomic E-state index is -2.85. The van der Waals surface area contributed by atoms with Gasteiger partial charge in [0, 0.05) is 10.4 Å². The third-order valence-electron chi connectivity index (χ3n) is 4.36. The number of nitrogens with one attached hydrogen (secondary N) is 1. The van der Waals surface area contributed by atoms with Crippen molar-refractivity contribution in [1.82, 2.24) is 19.6 Å². The molecule has 29 heavy (non-hydrogen) atoms. The Morgan fingerprint density at radius 2 is 1.90 bits per heavy atom. The van der Waals surface area contributed by atoms with Crippen molar-refractivity contribution in [2.75, 3.05) is 5.32 Å². The maximum Gasteiger partial charge on any atom is 0.280 e. The number of anilines is 1. The summed E-state index contributed by atoms with van der Waals surface area (Å²) in [7, 11) is 0. The molecule has 0 aliphatic heterocycles. The van der Waals surface area contributed by atoms with Gasteiger partial charge in [-0.3, -0.25) is 10.1 Å². The number of hydrogen-bond acceptors (Lipinski definition) is 5. The molecule has 0 saturated heterocycles. The molecular weight excluding hydrogens is 403 g/mol. The molecule has 0 saturated carbocycles. The number of fused-ring (bicyclic) bond motifs is 1. The highest BCUT2D eigenvalue weighted by Crippen LogP contribution is 2.28. The molecule has 3 heterocycles. The lowest BCUT2D eigenvalue weighted by Gasteiger charge is -2.08. The third-order valence-corrected chi connectivity index (χ3v) is 5.34. The number of aromatic nitrogens is 4. The average Bonchev–Trinajstić information content (AvgIpc) is 3.24. The van der Waals surface area contributed by atoms with Gasteiger partial charge in [0.1, 0.15) is 17.1 Å². The maximum atomic E-state index is 13.6. The Bertz CT molecular complexity index is 1200. The Morgan fingerprint density at radius 3 is 2.52 bits per heavy atom. The van der Waals surface area contributed by atoms with Crippen molar-refractivity contribution in [1.29, 1.82) is 0 Å². The van der Waals surface area contributed by atoms with E-state index >= 15 is 0 Å². The lowest BCUT2D eigenvalue weighted by atomic mass is 10.1. The van der Waals surface area contributed by atoms with Gasteiger partial charge in [0.25, 0.3) is 12.3 Å². The van der Waals surface area contributed by atoms with Gasteiger partial charge in [-0.15, -0.1) is 11.3 Å². The van der Waals surface area contributed by atoms with Gasteiger partial charge in [0.05, 0.1) is 17.6 Å². The number of amides is 1. The highest BCUT2D eigenvalue weighted by Gasteiger charge is 2.22. The number of thiazole rings is 1. The molecule has 4 aromatic rings. The smallest absolute Gasteiger partial charge is 0.280 e. The van der Waals surface area contributed by atoms with Crippen LogP contribution in [0.4, 0.5) is 18.3 Å². The van der Waals surface area contributed by atoms with Crippen LogP contribution in [0, 0.1) is 19.7 Å². The van der Waals surface area contributed by atoms with Gasteiger partial charge < -0.3 is 0 Å². The molecule has 0 unspecified atom stereocenters. The molecule has 0 spiro atoms. The molecule has 0 atom stereocenters. The Labute approximate surface area is 167 Å². The molecule has 0 fully saturated rings. The Hall–Kier alpha value is -3.27. The summed E-state index contributed by atoms with van der Waals surface area (Å²) in [6, 6.07) is 6.45. The van der Waals surface area contributed by atoms with Crippen LogP contribution < -0.4 is 5.32 Å². The summed E-state index contributed by atoms with van der Waals surface area (Å²) in [4.78, 5) is 22.2. The van der Waals surface area contributed by atoms with E-state index < -0.39 is 23.8 Å². The number of carbonyl (C=O) groups is 1. The lowest BCUT2D eigenvalue weighted by Crippen LogP contribution is -2.12. The van der Waals surface area contributed by atoms with Crippen LogP contribution in [0.3, 0.4) is 0 Å². The molecule has 1 aromatic carbocycles. The molecule has 1 N–H and O–H groups in total. The first kappa shape index (κ1) is 19.1. The number of alkyl halides is 2. The highest BCUT2D eigenvalue weighted by atomic mass is 32.1. The molecule has 10 heteroatoms. The van der Waals surface area contributed by atoms with Gasteiger partial charge in [-0.1, -0.05) is 0 Å². The number of carbonyl (C=O) groups excluding carboxylic acids is 1. The Kier molecular flexibility index (Phi) is 4.79. The minimum Gasteiger partial charge on any atom is -0.298 e. The van der Waals surface area contributed by atoms with Gasteiger partial charge in [0.15, 0.2) is 10.8 Å². The van der Waals surface area contributed by atoms with Crippen LogP contribution in [0.15, 0.2) is 36.5 Å². The molecule has 0 bridgehead atoms. The van der Waals surface area contributed by atoms with Crippen molar-refractivity contribution >= 4 is 28.0 Å². The second kappa shape index (κ2) is 7.28. The zero-order chi connectivity index (χ0) is 20.7. The third kappa shape index (κ3) is 3.58. The summed E-state index contributed by atoms with van der Waals surface area (Å²) in [6.45, 7) is 3.70. The quantitative estimate of drug-likeness (QED) is 0.518. The fourth-order valence-electron chi connectivity index (χ4n) is 2.76. The number of halogens is 3. The van der Waals surface area contributed by atoms with E-state index in [9.17, 15) is 18.0 Å². The van der Waals surface area contributed by atoms with Crippen molar-refractivity contribution in [3.05, 3.63) is 64.2 Å². The van der Waals surface area contributed by atoms with Crippen molar-refractivity contribution in [2.45, 2.75) is 20.3 Å². The normalized spacial score (nSPS) is 11.4. The zero-order valence-corrected chi connectivity index (χ0v) is 16.1. The number of nitrogens with zero attached hydrogens (tertiary/aromatic N) is 4. The predicted molar refractivity (Wildman–Crippen MR) is 103 cm³/mol. The topological polar surface area (TPSA) is 72.2 Å². The first-order chi connectivity index (χ1) is 13.8. The molecule has 0 radical (unpaired) electrons. The van der Waals surface area contributed by atoms with Crippen molar-refractivity contribution in [3.63, 3.8) is 0 Å². The number of hydrogen-bond donors (Lipinski definition) is 1. The van der Waals surface area contributed by atoms with Crippen LogP contribution in [-0.2, 0) is 0 Å². The molecular formula is C19H14F3N5OS. The van der Waals surface area contributed by atoms with Crippen molar-refractivity contribution < 1.29 is 18.0 Å². The fourth-order valence-corrected chi connectivity index (χ4v) is 3.57. The van der Waals surface area contributed by atoms with E-state index in [1.54, 1.807) is 0 Å². The van der Waals surface area contributed by atoms with Crippen LogP contribution in [0.1, 0.15) is 33.0 Å². The van der Waals surface area contributed by atoms with Gasteiger partial charge in [-0.25, -0.2) is 27.7 Å². The molecule has 6 nitrogen and oxygen atoms in total. The molecule has 1 amide bonds. The summed E-state index contributed by atoms with van der Waals surface area (Å²) in [5.41, 5.74) is 1.000. The summed E-state index contributed by atoms with van der Waals surface area (Å²) in [5.74, 6) is -1.01. The largest absolute Gasteiger partial charge is 0.298 e. The zero-order valence-electron chi connectivity index (χ0n) is 15.3. The first-order valence-electron chi connectivity index (χ1n) is 8.51. The van der Waals surface area contributed by atoms with Gasteiger partial charge in [-0.05, 0) is 44.2 Å². The van der Waals surface area contributed by atoms with Gasteiger partial charge in [0.2, 0.25) is 0 Å². The Balaban J connectivity index is 1.80. The van der Waals surface area contributed by atoms with Crippen LogP contribution in [0.2, 0.25) is 0 Å². The molecule has 0 aliphatic carbocycles. The van der Waals surface area contributed by atoms with Crippen molar-refractivity contribution in [3.8, 4) is 11.3 Å². The highest BCUT2D eigenvalue weighted by molar-refractivity contribution is 7.15. The van der Waals surface area contributed by atoms with E-state index in [2.05, 4.69) is 20.4 Å². The van der Waals surface area contributed by atoms with Crippen LogP contribution >= 0.6 is 11.3 Å². The first-order valence-corrected chi connectivity index (χ1v) is 9.33. The number of aryl methyl sites for hydroxylation is 2. The van der Waals surface area contributed by atoms with Crippen molar-refractivity contribution in [2.24, 2.45) is 0 Å². The standard InChI is InChI=1S/C19H14F3N5OS/c1-9-10(2)29-19(24-9)26-18(28)13-8-23-27-15(16(21)22)7-14(25-17(13)27)11-3-5-12(20)6-4-11/h3-8,16H,1-2H3,(H,24,26,28). The van der Waals surface area contributed by atoms with E-state index in [1.807, 2.05) is 13.8 Å². The minimum absolute atomic E-state index is 0.0235. The van der Waals surface area contributed by atoms with Crippen LogP contribution in [-0.4, -0.2) is 25.5 Å². The average molecular weight is 417 g/mol. The molecule has 148 valence electrons. The van der Waals surface area contributed by atoms with E-state index in [1.165, 1.54) is 47.9 Å². The second-order valence-corrected chi connectivity index (χ2v) is 7.49. The number of rotatable bonds is 4. The molecule has 0 aliphatic rings. The number of benzene rings is 1.